The maximum absolute atomic E-state index is 5.40. The van der Waals surface area contributed by atoms with Gasteiger partial charge in [0.15, 0.2) is 0 Å². The van der Waals surface area contributed by atoms with Gasteiger partial charge in [-0.25, -0.2) is 9.97 Å². The molecule has 0 saturated heterocycles. The van der Waals surface area contributed by atoms with Crippen molar-refractivity contribution in [2.75, 3.05) is 11.9 Å². The van der Waals surface area contributed by atoms with Gasteiger partial charge in [0, 0.05) is 23.3 Å². The second kappa shape index (κ2) is 5.77. The summed E-state index contributed by atoms with van der Waals surface area (Å²) in [5.41, 5.74) is 0.877. The number of hydrogen-bond acceptors (Lipinski definition) is 6. The highest BCUT2D eigenvalue weighted by Gasteiger charge is 2.10. The molecule has 2 heterocycles. The Kier molecular flexibility index (Phi) is 4.09. The van der Waals surface area contributed by atoms with E-state index in [-0.39, 0.29) is 6.04 Å². The lowest BCUT2D eigenvalue weighted by Gasteiger charge is -2.12. The summed E-state index contributed by atoms with van der Waals surface area (Å²) in [6, 6.07) is 1.91. The van der Waals surface area contributed by atoms with Gasteiger partial charge in [0.2, 0.25) is 11.8 Å². The molecule has 0 spiro atoms. The average molecular weight is 264 g/mol. The molecule has 6 heteroatoms. The van der Waals surface area contributed by atoms with Gasteiger partial charge < -0.3 is 10.1 Å². The van der Waals surface area contributed by atoms with Gasteiger partial charge in [-0.05, 0) is 20.8 Å². The number of aryl methyl sites for hydroxylation is 1. The molecule has 0 aliphatic heterocycles. The fraction of sp³-hybridized carbons (Fsp3) is 0.417. The summed E-state index contributed by atoms with van der Waals surface area (Å²) >= 11 is 1.61. The van der Waals surface area contributed by atoms with Gasteiger partial charge in [-0.15, -0.1) is 11.3 Å². The molecule has 0 bridgehead atoms. The Morgan fingerprint density at radius 2 is 2.28 bits per heavy atom. The number of rotatable bonds is 5. The molecule has 0 saturated carbocycles. The lowest BCUT2D eigenvalue weighted by Crippen LogP contribution is -2.10. The molecule has 1 unspecified atom stereocenters. The van der Waals surface area contributed by atoms with Gasteiger partial charge in [-0.1, -0.05) is 0 Å². The van der Waals surface area contributed by atoms with E-state index in [1.165, 1.54) is 0 Å². The van der Waals surface area contributed by atoms with E-state index in [1.54, 1.807) is 17.5 Å². The zero-order valence-corrected chi connectivity index (χ0v) is 11.5. The van der Waals surface area contributed by atoms with E-state index in [0.29, 0.717) is 18.4 Å². The topological polar surface area (TPSA) is 59.9 Å². The number of anilines is 1. The van der Waals surface area contributed by atoms with Crippen LogP contribution in [0.1, 0.15) is 30.6 Å². The van der Waals surface area contributed by atoms with Crippen molar-refractivity contribution >= 4 is 17.3 Å². The van der Waals surface area contributed by atoms with E-state index in [2.05, 4.69) is 20.3 Å². The van der Waals surface area contributed by atoms with Crippen molar-refractivity contribution in [3.8, 4) is 5.88 Å². The van der Waals surface area contributed by atoms with Gasteiger partial charge in [0.05, 0.1) is 12.6 Å². The van der Waals surface area contributed by atoms with Gasteiger partial charge >= 0.3 is 0 Å². The third kappa shape index (κ3) is 3.16. The molecule has 0 fully saturated rings. The summed E-state index contributed by atoms with van der Waals surface area (Å²) in [4.78, 5) is 12.9. The highest BCUT2D eigenvalue weighted by molar-refractivity contribution is 7.09. The normalized spacial score (nSPS) is 12.2. The number of hydrogen-bond donors (Lipinski definition) is 1. The summed E-state index contributed by atoms with van der Waals surface area (Å²) in [7, 11) is 0. The van der Waals surface area contributed by atoms with Crippen LogP contribution in [-0.2, 0) is 0 Å². The highest BCUT2D eigenvalue weighted by atomic mass is 32.1. The van der Waals surface area contributed by atoms with Gasteiger partial charge in [0.25, 0.3) is 0 Å². The largest absolute Gasteiger partial charge is 0.478 e. The lowest BCUT2D eigenvalue weighted by molar-refractivity contribution is 0.326. The molecule has 0 radical (unpaired) electrons. The third-order valence-electron chi connectivity index (χ3n) is 2.29. The van der Waals surface area contributed by atoms with E-state index in [1.807, 2.05) is 32.2 Å². The summed E-state index contributed by atoms with van der Waals surface area (Å²) in [6.07, 6.45) is 1.79. The molecule has 96 valence electrons. The third-order valence-corrected chi connectivity index (χ3v) is 3.25. The number of nitrogens with zero attached hydrogens (tertiary/aromatic N) is 3. The van der Waals surface area contributed by atoms with E-state index >= 15 is 0 Å². The fourth-order valence-corrected chi connectivity index (χ4v) is 2.18. The number of thiazole rings is 1. The van der Waals surface area contributed by atoms with Crippen molar-refractivity contribution in [3.63, 3.8) is 0 Å². The first-order chi connectivity index (χ1) is 8.69. The first-order valence-corrected chi connectivity index (χ1v) is 6.71. The number of aromatic nitrogens is 3. The molecule has 5 nitrogen and oxygen atoms in total. The average Bonchev–Trinajstić information content (AvgIpc) is 2.81. The predicted octanol–water partition coefficient (Wildman–Crippen LogP) is 2.81. The Bertz CT molecular complexity index is 501. The van der Waals surface area contributed by atoms with Crippen LogP contribution in [0.25, 0.3) is 0 Å². The second-order valence-electron chi connectivity index (χ2n) is 3.84. The first-order valence-electron chi connectivity index (χ1n) is 5.83. The maximum atomic E-state index is 5.40. The zero-order chi connectivity index (χ0) is 13.0. The molecule has 0 aromatic carbocycles. The summed E-state index contributed by atoms with van der Waals surface area (Å²) in [5, 5.41) is 6.20. The predicted molar refractivity (Wildman–Crippen MR) is 72.1 cm³/mol. The lowest BCUT2D eigenvalue weighted by atomic mass is 10.3. The number of ether oxygens (including phenoxy) is 1. The van der Waals surface area contributed by atoms with Crippen LogP contribution < -0.4 is 10.1 Å². The van der Waals surface area contributed by atoms with Crippen LogP contribution in [0, 0.1) is 6.92 Å². The Hall–Kier alpha value is -1.69. The fourth-order valence-electron chi connectivity index (χ4n) is 1.53. The first kappa shape index (κ1) is 12.8. The van der Waals surface area contributed by atoms with Crippen molar-refractivity contribution in [3.05, 3.63) is 28.3 Å². The van der Waals surface area contributed by atoms with E-state index in [4.69, 9.17) is 4.74 Å². The van der Waals surface area contributed by atoms with Crippen molar-refractivity contribution in [2.45, 2.75) is 26.8 Å². The quantitative estimate of drug-likeness (QED) is 0.899. The van der Waals surface area contributed by atoms with Crippen molar-refractivity contribution in [1.29, 1.82) is 0 Å². The monoisotopic (exact) mass is 264 g/mol. The van der Waals surface area contributed by atoms with E-state index in [9.17, 15) is 0 Å². The minimum absolute atomic E-state index is 0.0845. The Balaban J connectivity index is 2.13. The Morgan fingerprint density at radius 3 is 2.94 bits per heavy atom. The summed E-state index contributed by atoms with van der Waals surface area (Å²) in [6.45, 7) is 6.48. The molecule has 0 aliphatic carbocycles. The van der Waals surface area contributed by atoms with Crippen molar-refractivity contribution in [1.82, 2.24) is 15.0 Å². The van der Waals surface area contributed by atoms with Gasteiger partial charge in [-0.2, -0.15) is 4.98 Å². The van der Waals surface area contributed by atoms with Gasteiger partial charge in [-0.3, -0.25) is 0 Å². The molecule has 2 rings (SSSR count). The minimum atomic E-state index is 0.0845. The van der Waals surface area contributed by atoms with Crippen LogP contribution in [0.2, 0.25) is 0 Å². The summed E-state index contributed by atoms with van der Waals surface area (Å²) < 4.78 is 5.40. The van der Waals surface area contributed by atoms with Crippen LogP contribution in [-0.4, -0.2) is 21.6 Å². The molecule has 2 aromatic rings. The molecule has 18 heavy (non-hydrogen) atoms. The highest BCUT2D eigenvalue weighted by Crippen LogP contribution is 2.20. The van der Waals surface area contributed by atoms with Crippen molar-refractivity contribution < 1.29 is 4.74 Å². The van der Waals surface area contributed by atoms with E-state index < -0.39 is 0 Å². The SMILES string of the molecule is CCOc1cc(C)nc(NC(C)c2nccs2)n1. The summed E-state index contributed by atoms with van der Waals surface area (Å²) in [5.74, 6) is 1.17. The van der Waals surface area contributed by atoms with E-state index in [0.717, 1.165) is 10.7 Å². The van der Waals surface area contributed by atoms with Crippen LogP contribution in [0.5, 0.6) is 5.88 Å². The van der Waals surface area contributed by atoms with Crippen molar-refractivity contribution in [2.24, 2.45) is 0 Å². The van der Waals surface area contributed by atoms with Crippen LogP contribution in [0.15, 0.2) is 17.6 Å². The molecule has 2 aromatic heterocycles. The van der Waals surface area contributed by atoms with Crippen LogP contribution in [0.3, 0.4) is 0 Å². The molecular weight excluding hydrogens is 248 g/mol. The Morgan fingerprint density at radius 1 is 1.44 bits per heavy atom. The standard InChI is InChI=1S/C12H16N4OS/c1-4-17-10-7-8(2)14-12(16-10)15-9(3)11-13-5-6-18-11/h5-7,9H,4H2,1-3H3,(H,14,15,16). The number of nitrogens with one attached hydrogen (secondary N) is 1. The zero-order valence-electron chi connectivity index (χ0n) is 10.7. The minimum Gasteiger partial charge on any atom is -0.478 e. The van der Waals surface area contributed by atoms with Crippen LogP contribution in [0.4, 0.5) is 5.95 Å². The maximum Gasteiger partial charge on any atom is 0.226 e. The van der Waals surface area contributed by atoms with Gasteiger partial charge in [0.1, 0.15) is 5.01 Å². The molecule has 0 amide bonds. The second-order valence-corrected chi connectivity index (χ2v) is 4.77. The molecule has 1 N–H and O–H groups in total. The molecule has 0 aliphatic rings. The molecular formula is C12H16N4OS. The Labute approximate surface area is 110 Å². The molecule has 1 atom stereocenters. The van der Waals surface area contributed by atoms with Crippen LogP contribution >= 0.6 is 11.3 Å². The smallest absolute Gasteiger partial charge is 0.226 e.